The van der Waals surface area contributed by atoms with Gasteiger partial charge in [0.15, 0.2) is 5.69 Å². The van der Waals surface area contributed by atoms with Gasteiger partial charge in [0.2, 0.25) is 5.82 Å². The minimum atomic E-state index is -0.423. The van der Waals surface area contributed by atoms with Crippen molar-refractivity contribution in [3.63, 3.8) is 0 Å². The summed E-state index contributed by atoms with van der Waals surface area (Å²) in [4.78, 5) is 29.6. The van der Waals surface area contributed by atoms with Gasteiger partial charge in [0, 0.05) is 12.7 Å². The van der Waals surface area contributed by atoms with Gasteiger partial charge in [0.05, 0.1) is 16.2 Å². The van der Waals surface area contributed by atoms with Crippen molar-refractivity contribution in [1.29, 1.82) is 0 Å². The van der Waals surface area contributed by atoms with E-state index in [1.165, 1.54) is 0 Å². The van der Waals surface area contributed by atoms with E-state index >= 15 is 0 Å². The summed E-state index contributed by atoms with van der Waals surface area (Å²) in [5, 5.41) is 6.04. The van der Waals surface area contributed by atoms with Crippen molar-refractivity contribution in [2.24, 2.45) is 5.92 Å². The fourth-order valence-corrected chi connectivity index (χ4v) is 2.85. The Morgan fingerprint density at radius 2 is 1.85 bits per heavy atom. The number of aromatic nitrogens is 2. The van der Waals surface area contributed by atoms with E-state index in [1.54, 1.807) is 53.1 Å². The number of hydrogen-bond donors (Lipinski definition) is 2. The summed E-state index contributed by atoms with van der Waals surface area (Å²) in [6.07, 6.45) is 2.58. The molecule has 0 radical (unpaired) electrons. The second-order valence-corrected chi connectivity index (χ2v) is 7.02. The molecule has 27 heavy (non-hydrogen) atoms. The maximum atomic E-state index is 12.7. The molecular formula is C20H21ClN4O2. The number of hydrogen-bond acceptors (Lipinski definition) is 3. The molecule has 0 spiro atoms. The Balaban J connectivity index is 1.89. The molecule has 0 bridgehead atoms. The first-order valence-electron chi connectivity index (χ1n) is 8.78. The van der Waals surface area contributed by atoms with Gasteiger partial charge in [0.25, 0.3) is 11.8 Å². The Bertz CT molecular complexity index is 981. The van der Waals surface area contributed by atoms with Crippen LogP contribution in [0.25, 0.3) is 5.52 Å². The van der Waals surface area contributed by atoms with Crippen molar-refractivity contribution in [3.8, 4) is 0 Å². The largest absolute Gasteiger partial charge is 0.349 e. The van der Waals surface area contributed by atoms with Crippen molar-refractivity contribution < 1.29 is 9.59 Å². The highest BCUT2D eigenvalue weighted by atomic mass is 35.5. The number of fused-ring (bicyclic) bond motifs is 1. The SMILES string of the molecule is CC(C)CCNC(=O)c1nc(C(=O)Nc2ccccc2Cl)c2ccccn12. The Labute approximate surface area is 162 Å². The lowest BCUT2D eigenvalue weighted by atomic mass is 10.1. The second-order valence-electron chi connectivity index (χ2n) is 6.61. The average molecular weight is 385 g/mol. The monoisotopic (exact) mass is 384 g/mol. The molecular weight excluding hydrogens is 364 g/mol. The number of amides is 2. The van der Waals surface area contributed by atoms with E-state index in [0.29, 0.717) is 28.7 Å². The van der Waals surface area contributed by atoms with Gasteiger partial charge in [0.1, 0.15) is 0 Å². The number of nitrogens with one attached hydrogen (secondary N) is 2. The van der Waals surface area contributed by atoms with Gasteiger partial charge in [-0.15, -0.1) is 0 Å². The molecule has 0 aliphatic rings. The van der Waals surface area contributed by atoms with Crippen LogP contribution in [0.1, 0.15) is 41.4 Å². The van der Waals surface area contributed by atoms with E-state index in [0.717, 1.165) is 6.42 Å². The normalized spacial score (nSPS) is 11.0. The number of nitrogens with zero attached hydrogens (tertiary/aromatic N) is 2. The average Bonchev–Trinajstić information content (AvgIpc) is 3.03. The number of carbonyl (C=O) groups excluding carboxylic acids is 2. The van der Waals surface area contributed by atoms with Gasteiger partial charge in [-0.2, -0.15) is 0 Å². The highest BCUT2D eigenvalue weighted by Crippen LogP contribution is 2.22. The number of anilines is 1. The minimum absolute atomic E-state index is 0.171. The zero-order chi connectivity index (χ0) is 19.4. The smallest absolute Gasteiger partial charge is 0.287 e. The molecule has 0 saturated carbocycles. The molecule has 0 saturated heterocycles. The molecule has 140 valence electrons. The zero-order valence-corrected chi connectivity index (χ0v) is 16.0. The van der Waals surface area contributed by atoms with Crippen LogP contribution < -0.4 is 10.6 Å². The van der Waals surface area contributed by atoms with Crippen LogP contribution in [-0.2, 0) is 0 Å². The van der Waals surface area contributed by atoms with Crippen molar-refractivity contribution in [2.75, 3.05) is 11.9 Å². The van der Waals surface area contributed by atoms with E-state index in [4.69, 9.17) is 11.6 Å². The van der Waals surface area contributed by atoms with E-state index in [9.17, 15) is 9.59 Å². The maximum Gasteiger partial charge on any atom is 0.287 e. The van der Waals surface area contributed by atoms with Crippen LogP contribution in [0.5, 0.6) is 0 Å². The topological polar surface area (TPSA) is 75.5 Å². The maximum absolute atomic E-state index is 12.7. The van der Waals surface area contributed by atoms with Gasteiger partial charge in [-0.1, -0.05) is 43.6 Å². The summed E-state index contributed by atoms with van der Waals surface area (Å²) in [5.41, 5.74) is 1.21. The first kappa shape index (κ1) is 18.9. The predicted molar refractivity (Wildman–Crippen MR) is 106 cm³/mol. The summed E-state index contributed by atoms with van der Waals surface area (Å²) >= 11 is 6.11. The van der Waals surface area contributed by atoms with E-state index in [-0.39, 0.29) is 17.4 Å². The number of para-hydroxylation sites is 1. The number of carbonyl (C=O) groups is 2. The molecule has 0 atom stereocenters. The molecule has 2 amide bonds. The van der Waals surface area contributed by atoms with Crippen molar-refractivity contribution in [2.45, 2.75) is 20.3 Å². The van der Waals surface area contributed by atoms with Gasteiger partial charge < -0.3 is 10.6 Å². The summed E-state index contributed by atoms with van der Waals surface area (Å²) in [6, 6.07) is 12.3. The number of imidazole rings is 1. The first-order chi connectivity index (χ1) is 13.0. The van der Waals surface area contributed by atoms with Crippen LogP contribution >= 0.6 is 11.6 Å². The highest BCUT2D eigenvalue weighted by molar-refractivity contribution is 6.34. The van der Waals surface area contributed by atoms with Crippen molar-refractivity contribution >= 4 is 34.6 Å². The molecule has 2 heterocycles. The van der Waals surface area contributed by atoms with Crippen LogP contribution in [0.4, 0.5) is 5.69 Å². The van der Waals surface area contributed by atoms with Crippen LogP contribution in [0.2, 0.25) is 5.02 Å². The van der Waals surface area contributed by atoms with E-state index in [2.05, 4.69) is 29.5 Å². The van der Waals surface area contributed by atoms with Gasteiger partial charge in [-0.3, -0.25) is 14.0 Å². The fourth-order valence-electron chi connectivity index (χ4n) is 2.66. The van der Waals surface area contributed by atoms with Crippen LogP contribution in [-0.4, -0.2) is 27.7 Å². The van der Waals surface area contributed by atoms with Crippen LogP contribution in [0.15, 0.2) is 48.7 Å². The van der Waals surface area contributed by atoms with Crippen LogP contribution in [0, 0.1) is 5.92 Å². The summed E-state index contributed by atoms with van der Waals surface area (Å²) in [5.74, 6) is -0.0698. The Morgan fingerprint density at radius 3 is 2.59 bits per heavy atom. The molecule has 3 aromatic rings. The van der Waals surface area contributed by atoms with E-state index < -0.39 is 5.91 Å². The summed E-state index contributed by atoms with van der Waals surface area (Å²) in [6.45, 7) is 4.74. The molecule has 2 N–H and O–H groups in total. The Hall–Kier alpha value is -2.86. The summed E-state index contributed by atoms with van der Waals surface area (Å²) in [7, 11) is 0. The third kappa shape index (κ3) is 4.28. The lowest BCUT2D eigenvalue weighted by molar-refractivity contribution is 0.0941. The van der Waals surface area contributed by atoms with Crippen LogP contribution in [0.3, 0.4) is 0 Å². The molecule has 3 rings (SSSR count). The van der Waals surface area contributed by atoms with Gasteiger partial charge in [-0.05, 0) is 36.6 Å². The third-order valence-electron chi connectivity index (χ3n) is 4.10. The first-order valence-corrected chi connectivity index (χ1v) is 9.16. The molecule has 6 nitrogen and oxygen atoms in total. The number of benzene rings is 1. The number of pyridine rings is 1. The zero-order valence-electron chi connectivity index (χ0n) is 15.2. The van der Waals surface area contributed by atoms with Crippen molar-refractivity contribution in [3.05, 3.63) is 65.2 Å². The number of rotatable bonds is 6. The second kappa shape index (κ2) is 8.22. The quantitative estimate of drug-likeness (QED) is 0.674. The molecule has 0 aliphatic carbocycles. The standard InChI is InChI=1S/C20H21ClN4O2/c1-13(2)10-11-22-20(27)18-24-17(16-9-5-6-12-25(16)18)19(26)23-15-8-4-3-7-14(15)21/h3-9,12-13H,10-11H2,1-2H3,(H,22,27)(H,23,26). The Kier molecular flexibility index (Phi) is 5.76. The third-order valence-corrected chi connectivity index (χ3v) is 4.43. The molecule has 1 aromatic carbocycles. The lowest BCUT2D eigenvalue weighted by Crippen LogP contribution is -2.27. The van der Waals surface area contributed by atoms with Crippen molar-refractivity contribution in [1.82, 2.24) is 14.7 Å². The fraction of sp³-hybridized carbons (Fsp3) is 0.250. The molecule has 2 aromatic heterocycles. The molecule has 7 heteroatoms. The molecule has 0 unspecified atom stereocenters. The number of halogens is 1. The molecule has 0 aliphatic heterocycles. The van der Waals surface area contributed by atoms with E-state index in [1.807, 2.05) is 0 Å². The lowest BCUT2D eigenvalue weighted by Gasteiger charge is -2.06. The highest BCUT2D eigenvalue weighted by Gasteiger charge is 2.21. The van der Waals surface area contributed by atoms with Gasteiger partial charge in [-0.25, -0.2) is 4.98 Å². The summed E-state index contributed by atoms with van der Waals surface area (Å²) < 4.78 is 1.62. The minimum Gasteiger partial charge on any atom is -0.349 e. The van der Waals surface area contributed by atoms with Gasteiger partial charge >= 0.3 is 0 Å². The predicted octanol–water partition coefficient (Wildman–Crippen LogP) is 4.02. The molecule has 0 fully saturated rings. The Morgan fingerprint density at radius 1 is 1.11 bits per heavy atom.